The fraction of sp³-hybridized carbons (Fsp3) is 0.263. The summed E-state index contributed by atoms with van der Waals surface area (Å²) in [6.45, 7) is 1.86. The van der Waals surface area contributed by atoms with Gasteiger partial charge in [0.05, 0.1) is 11.6 Å². The van der Waals surface area contributed by atoms with E-state index in [1.165, 1.54) is 0 Å². The lowest BCUT2D eigenvalue weighted by Crippen LogP contribution is -2.47. The third-order valence-corrected chi connectivity index (χ3v) is 4.30. The molecule has 2 amide bonds. The first-order valence-corrected chi connectivity index (χ1v) is 9.57. The van der Waals surface area contributed by atoms with Gasteiger partial charge in [-0.25, -0.2) is 0 Å². The van der Waals surface area contributed by atoms with Gasteiger partial charge in [0.15, 0.2) is 6.10 Å². The van der Waals surface area contributed by atoms with Crippen LogP contribution in [0.1, 0.15) is 19.8 Å². The summed E-state index contributed by atoms with van der Waals surface area (Å²) in [4.78, 5) is 23.8. The second-order valence-corrected chi connectivity index (χ2v) is 7.06. The number of benzene rings is 2. The second kappa shape index (κ2) is 11.0. The number of halogens is 3. The first-order chi connectivity index (χ1) is 13.3. The molecule has 0 aliphatic carbocycles. The molecule has 0 aliphatic rings. The molecule has 150 valence electrons. The number of carbonyl (C=O) groups is 2. The summed E-state index contributed by atoms with van der Waals surface area (Å²) in [7, 11) is 0. The van der Waals surface area contributed by atoms with E-state index in [2.05, 4.69) is 10.9 Å². The van der Waals surface area contributed by atoms with Crippen LogP contribution in [0.15, 0.2) is 42.5 Å². The van der Waals surface area contributed by atoms with Crippen LogP contribution >= 0.6 is 34.8 Å². The molecule has 0 saturated carbocycles. The molecule has 0 saturated heterocycles. The van der Waals surface area contributed by atoms with E-state index in [1.54, 1.807) is 49.4 Å². The van der Waals surface area contributed by atoms with Gasteiger partial charge in [0.25, 0.3) is 5.91 Å². The molecule has 2 rings (SSSR count). The number of hydrazine groups is 1. The van der Waals surface area contributed by atoms with Crippen molar-refractivity contribution in [2.45, 2.75) is 25.9 Å². The summed E-state index contributed by atoms with van der Waals surface area (Å²) < 4.78 is 11.0. The Hall–Kier alpha value is -2.15. The van der Waals surface area contributed by atoms with Crippen LogP contribution in [0.4, 0.5) is 0 Å². The van der Waals surface area contributed by atoms with E-state index in [-0.39, 0.29) is 12.3 Å². The fourth-order valence-electron chi connectivity index (χ4n) is 2.07. The van der Waals surface area contributed by atoms with Gasteiger partial charge in [-0.1, -0.05) is 34.8 Å². The normalized spacial score (nSPS) is 11.4. The van der Waals surface area contributed by atoms with Gasteiger partial charge in [-0.15, -0.1) is 0 Å². The van der Waals surface area contributed by atoms with E-state index in [0.29, 0.717) is 39.6 Å². The zero-order chi connectivity index (χ0) is 20.5. The van der Waals surface area contributed by atoms with E-state index >= 15 is 0 Å². The molecule has 2 N–H and O–H groups in total. The third kappa shape index (κ3) is 7.46. The Morgan fingerprint density at radius 2 is 1.68 bits per heavy atom. The summed E-state index contributed by atoms with van der Waals surface area (Å²) in [5, 5.41) is 1.49. The molecular formula is C19H19Cl3N2O4. The molecule has 0 aliphatic heterocycles. The van der Waals surface area contributed by atoms with Crippen LogP contribution in [0.2, 0.25) is 15.1 Å². The summed E-state index contributed by atoms with van der Waals surface area (Å²) in [5.74, 6) is 0.162. The van der Waals surface area contributed by atoms with Crippen LogP contribution in [-0.4, -0.2) is 24.5 Å². The number of nitrogens with one attached hydrogen (secondary N) is 2. The predicted molar refractivity (Wildman–Crippen MR) is 109 cm³/mol. The maximum Gasteiger partial charge on any atom is 0.279 e. The van der Waals surface area contributed by atoms with Gasteiger partial charge >= 0.3 is 0 Å². The zero-order valence-electron chi connectivity index (χ0n) is 15.0. The average molecular weight is 446 g/mol. The number of amides is 2. The third-order valence-electron chi connectivity index (χ3n) is 3.52. The summed E-state index contributed by atoms with van der Waals surface area (Å²) >= 11 is 17.6. The van der Waals surface area contributed by atoms with Crippen LogP contribution in [0.5, 0.6) is 11.5 Å². The molecule has 0 bridgehead atoms. The summed E-state index contributed by atoms with van der Waals surface area (Å²) in [5.41, 5.74) is 4.66. The first-order valence-electron chi connectivity index (χ1n) is 8.44. The van der Waals surface area contributed by atoms with Gasteiger partial charge in [-0.3, -0.25) is 20.4 Å². The second-order valence-electron chi connectivity index (χ2n) is 5.78. The molecule has 2 aromatic carbocycles. The molecule has 2 aromatic rings. The average Bonchev–Trinajstić information content (AvgIpc) is 2.66. The molecule has 6 nitrogen and oxygen atoms in total. The van der Waals surface area contributed by atoms with Crippen molar-refractivity contribution in [1.82, 2.24) is 10.9 Å². The van der Waals surface area contributed by atoms with Crippen molar-refractivity contribution in [2.24, 2.45) is 0 Å². The minimum atomic E-state index is -0.795. The van der Waals surface area contributed by atoms with Gasteiger partial charge in [-0.05, 0) is 55.8 Å². The standard InChI is InChI=1S/C19H19Cl3N2O4/c1-12(28-15-7-4-13(20)5-8-15)19(26)24-23-18(25)3-2-10-27-17-9-6-14(21)11-16(17)22/h4-9,11-12H,2-3,10H2,1H3,(H,23,25)(H,24,26). The fourth-order valence-corrected chi connectivity index (χ4v) is 2.66. The molecule has 1 atom stereocenters. The SMILES string of the molecule is CC(Oc1ccc(Cl)cc1)C(=O)NNC(=O)CCCOc1ccc(Cl)cc1Cl. The van der Waals surface area contributed by atoms with Crippen molar-refractivity contribution in [2.75, 3.05) is 6.61 Å². The Kier molecular flexibility index (Phi) is 8.70. The predicted octanol–water partition coefficient (Wildman–Crippen LogP) is 4.42. The van der Waals surface area contributed by atoms with Gasteiger partial charge in [0.2, 0.25) is 5.91 Å². The largest absolute Gasteiger partial charge is 0.492 e. The van der Waals surface area contributed by atoms with Crippen LogP contribution in [0.3, 0.4) is 0 Å². The Morgan fingerprint density at radius 3 is 2.36 bits per heavy atom. The van der Waals surface area contributed by atoms with Crippen LogP contribution in [0, 0.1) is 0 Å². The van der Waals surface area contributed by atoms with Gasteiger partial charge < -0.3 is 9.47 Å². The van der Waals surface area contributed by atoms with Crippen molar-refractivity contribution >= 4 is 46.6 Å². The Labute approximate surface area is 178 Å². The van der Waals surface area contributed by atoms with Crippen molar-refractivity contribution in [3.8, 4) is 11.5 Å². The van der Waals surface area contributed by atoms with Gasteiger partial charge in [0, 0.05) is 16.5 Å². The molecule has 28 heavy (non-hydrogen) atoms. The van der Waals surface area contributed by atoms with E-state index in [4.69, 9.17) is 44.3 Å². The quantitative estimate of drug-likeness (QED) is 0.466. The molecule has 9 heteroatoms. The Balaban J connectivity index is 1.64. The first kappa shape index (κ1) is 22.1. The van der Waals surface area contributed by atoms with E-state index in [0.717, 1.165) is 0 Å². The number of carbonyl (C=O) groups excluding carboxylic acids is 2. The van der Waals surface area contributed by atoms with E-state index in [1.807, 2.05) is 0 Å². The molecular weight excluding hydrogens is 427 g/mol. The molecule has 0 aromatic heterocycles. The van der Waals surface area contributed by atoms with Crippen molar-refractivity contribution in [3.05, 3.63) is 57.5 Å². The molecule has 1 unspecified atom stereocenters. The smallest absolute Gasteiger partial charge is 0.279 e. The zero-order valence-corrected chi connectivity index (χ0v) is 17.3. The topological polar surface area (TPSA) is 76.7 Å². The number of ether oxygens (including phenoxy) is 2. The highest BCUT2D eigenvalue weighted by atomic mass is 35.5. The van der Waals surface area contributed by atoms with Crippen molar-refractivity contribution < 1.29 is 19.1 Å². The minimum absolute atomic E-state index is 0.165. The molecule has 0 spiro atoms. The Bertz CT molecular complexity index is 815. The lowest BCUT2D eigenvalue weighted by Gasteiger charge is -2.15. The lowest BCUT2D eigenvalue weighted by atomic mass is 10.3. The number of rotatable bonds is 8. The van der Waals surface area contributed by atoms with Crippen molar-refractivity contribution in [1.29, 1.82) is 0 Å². The maximum absolute atomic E-state index is 12.0. The summed E-state index contributed by atoms with van der Waals surface area (Å²) in [6.07, 6.45) is -0.188. The summed E-state index contributed by atoms with van der Waals surface area (Å²) in [6, 6.07) is 11.5. The van der Waals surface area contributed by atoms with Crippen LogP contribution in [-0.2, 0) is 9.59 Å². The van der Waals surface area contributed by atoms with E-state index < -0.39 is 12.0 Å². The highest BCUT2D eigenvalue weighted by Crippen LogP contribution is 2.27. The van der Waals surface area contributed by atoms with Crippen molar-refractivity contribution in [3.63, 3.8) is 0 Å². The number of hydrogen-bond donors (Lipinski definition) is 2. The Morgan fingerprint density at radius 1 is 1.00 bits per heavy atom. The monoisotopic (exact) mass is 444 g/mol. The molecule has 0 fully saturated rings. The lowest BCUT2D eigenvalue weighted by molar-refractivity contribution is -0.132. The number of hydrogen-bond acceptors (Lipinski definition) is 4. The minimum Gasteiger partial charge on any atom is -0.492 e. The molecule has 0 heterocycles. The maximum atomic E-state index is 12.0. The van der Waals surface area contributed by atoms with Gasteiger partial charge in [0.1, 0.15) is 11.5 Å². The highest BCUT2D eigenvalue weighted by molar-refractivity contribution is 6.35. The van der Waals surface area contributed by atoms with Crippen LogP contribution in [0.25, 0.3) is 0 Å². The van der Waals surface area contributed by atoms with E-state index in [9.17, 15) is 9.59 Å². The van der Waals surface area contributed by atoms with Gasteiger partial charge in [-0.2, -0.15) is 0 Å². The van der Waals surface area contributed by atoms with Crippen LogP contribution < -0.4 is 20.3 Å². The highest BCUT2D eigenvalue weighted by Gasteiger charge is 2.15. The molecule has 0 radical (unpaired) electrons.